The van der Waals surface area contributed by atoms with Crippen LogP contribution in [0, 0.1) is 0 Å². The minimum atomic E-state index is 0. The molecular formula is H2CaF2MgO2. The molecule has 2 nitrogen and oxygen atoms in total. The van der Waals surface area contributed by atoms with E-state index >= 15 is 0 Å². The van der Waals surface area contributed by atoms with E-state index in [1.54, 1.807) is 0 Å². The van der Waals surface area contributed by atoms with Crippen molar-refractivity contribution in [2.45, 2.75) is 0 Å². The van der Waals surface area contributed by atoms with Gasteiger partial charge in [-0.2, -0.15) is 0 Å². The molecule has 0 aliphatic heterocycles. The van der Waals surface area contributed by atoms with Crippen molar-refractivity contribution in [3.63, 3.8) is 0 Å². The molecule has 0 aromatic heterocycles. The van der Waals surface area contributed by atoms with Gasteiger partial charge in [0.1, 0.15) is 0 Å². The van der Waals surface area contributed by atoms with Crippen LogP contribution in [0.2, 0.25) is 0 Å². The fourth-order valence-electron chi connectivity index (χ4n) is 0. The van der Waals surface area contributed by atoms with Crippen LogP contribution in [0.1, 0.15) is 2.85 Å². The largest absolute Gasteiger partial charge is 2.00 e. The third kappa shape index (κ3) is 41.1. The van der Waals surface area contributed by atoms with Gasteiger partial charge in [-0.3, -0.25) is 0 Å². The van der Waals surface area contributed by atoms with Gasteiger partial charge in [-0.15, -0.1) is 0 Å². The molecule has 0 aromatic carbocycles. The summed E-state index contributed by atoms with van der Waals surface area (Å²) in [7, 11) is 0. The molecule has 0 bridgehead atoms. The molecule has 0 atom stereocenters. The van der Waals surface area contributed by atoms with Gasteiger partial charge in [-0.1, -0.05) is 0 Å². The average molecular weight is 136 g/mol. The minimum absolute atomic E-state index is 0. The predicted molar refractivity (Wildman–Crippen MR) is 15.9 cm³/mol. The monoisotopic (exact) mass is 136 g/mol. The molecule has 0 saturated carbocycles. The predicted octanol–water partition coefficient (Wildman–Crippen LogP) is -2.07. The van der Waals surface area contributed by atoms with Crippen molar-refractivity contribution in [1.29, 1.82) is 0 Å². The van der Waals surface area contributed by atoms with Crippen LogP contribution in [0.4, 0.5) is 9.05 Å². The summed E-state index contributed by atoms with van der Waals surface area (Å²) in [4.78, 5) is 0. The maximum absolute atomic E-state index is 8.25. The summed E-state index contributed by atoms with van der Waals surface area (Å²) < 4.78 is 16.5. The normalized spacial score (nSPS) is 2.00. The van der Waals surface area contributed by atoms with Crippen molar-refractivity contribution in [1.82, 2.24) is 0 Å². The van der Waals surface area contributed by atoms with Gasteiger partial charge in [0.05, 0.1) is 0 Å². The number of halogens is 2. The van der Waals surface area contributed by atoms with Crippen molar-refractivity contribution in [2.24, 2.45) is 0 Å². The Morgan fingerprint density at radius 1 is 1.00 bits per heavy atom. The Balaban J connectivity index is -0.00000000167. The molecule has 32 valence electrons. The molecule has 0 spiro atoms. The van der Waals surface area contributed by atoms with Crippen molar-refractivity contribution in [3.05, 3.63) is 0 Å². The molecule has 0 unspecified atom stereocenters. The zero-order valence-electron chi connectivity index (χ0n) is 4.99. The minimum Gasteiger partial charge on any atom is -1.00 e. The zero-order chi connectivity index (χ0) is 4.00. The Morgan fingerprint density at radius 2 is 1.00 bits per heavy atom. The maximum Gasteiger partial charge on any atom is 2.00 e. The molecule has 0 fully saturated rings. The molecule has 6 heavy (non-hydrogen) atoms. The summed E-state index contributed by atoms with van der Waals surface area (Å²) in [5.41, 5.74) is 0. The first-order valence-corrected chi connectivity index (χ1v) is 0.309. The fourth-order valence-corrected chi connectivity index (χ4v) is 0. The second-order valence-electron chi connectivity index (χ2n) is 0. The van der Waals surface area contributed by atoms with E-state index in [2.05, 4.69) is 0 Å². The van der Waals surface area contributed by atoms with Crippen LogP contribution in [0.25, 0.3) is 0 Å². The Hall–Kier alpha value is 1.81. The summed E-state index contributed by atoms with van der Waals surface area (Å²) >= 11 is 0. The van der Waals surface area contributed by atoms with E-state index < -0.39 is 0 Å². The van der Waals surface area contributed by atoms with Gasteiger partial charge in [0.2, 0.25) is 0 Å². The van der Waals surface area contributed by atoms with Crippen LogP contribution >= 0.6 is 0 Å². The molecule has 0 N–H and O–H groups in total. The summed E-state index contributed by atoms with van der Waals surface area (Å²) in [5, 5.41) is 13.5. The molecule has 0 aliphatic carbocycles. The third-order valence-corrected chi connectivity index (χ3v) is 0. The summed E-state index contributed by atoms with van der Waals surface area (Å²) in [6.45, 7) is 0. The molecule has 0 radical (unpaired) electrons. The molecule has 0 heterocycles. The number of hydrogen-bond acceptors (Lipinski definition) is 2. The van der Waals surface area contributed by atoms with E-state index in [1.807, 2.05) is 0 Å². The van der Waals surface area contributed by atoms with Gasteiger partial charge in [-0.25, -0.2) is 0 Å². The SMILES string of the molecule is [Ca+2].[H-].[H-].[Mg+2].[O-]F.[O-]F. The van der Waals surface area contributed by atoms with Gasteiger partial charge in [-0.05, 0) is 0 Å². The number of rotatable bonds is 0. The Morgan fingerprint density at radius 3 is 1.00 bits per heavy atom. The second kappa shape index (κ2) is 70.3. The third-order valence-electron chi connectivity index (χ3n) is 0. The van der Waals surface area contributed by atoms with E-state index in [1.165, 1.54) is 0 Å². The molecule has 0 rings (SSSR count). The van der Waals surface area contributed by atoms with E-state index in [-0.39, 0.29) is 63.6 Å². The number of hydrogen-bond donors (Lipinski definition) is 0. The Labute approximate surface area is 82.5 Å². The zero-order valence-corrected chi connectivity index (χ0v) is 6.61. The van der Waals surface area contributed by atoms with Gasteiger partial charge in [0, 0.05) is 0 Å². The Bertz CT molecular complexity index is 18.0. The van der Waals surface area contributed by atoms with E-state index in [0.717, 1.165) is 0 Å². The van der Waals surface area contributed by atoms with Crippen molar-refractivity contribution in [2.75, 3.05) is 0 Å². The van der Waals surface area contributed by atoms with Crippen molar-refractivity contribution < 1.29 is 22.5 Å². The van der Waals surface area contributed by atoms with Crippen LogP contribution in [-0.2, 0) is 0 Å². The maximum atomic E-state index is 8.25. The van der Waals surface area contributed by atoms with Crippen LogP contribution in [0.5, 0.6) is 0 Å². The van der Waals surface area contributed by atoms with Crippen LogP contribution in [-0.4, -0.2) is 60.8 Å². The fraction of sp³-hybridized carbons (Fsp3) is 0. The van der Waals surface area contributed by atoms with Crippen LogP contribution < -0.4 is 10.6 Å². The van der Waals surface area contributed by atoms with Crippen molar-refractivity contribution >= 4 is 60.8 Å². The van der Waals surface area contributed by atoms with E-state index in [0.29, 0.717) is 0 Å². The molecule has 6 heteroatoms. The first kappa shape index (κ1) is 25.0. The molecular weight excluding hydrogens is 134 g/mol. The standard InChI is InChI=1S/Ca.2FO.Mg.2H/c;2*1-2;;;/q+2;2*-1;+2;2*-1. The molecule has 0 aliphatic rings. The summed E-state index contributed by atoms with van der Waals surface area (Å²) in [6, 6.07) is 0. The first-order valence-electron chi connectivity index (χ1n) is 0.309. The van der Waals surface area contributed by atoms with Crippen LogP contribution in [0.3, 0.4) is 0 Å². The summed E-state index contributed by atoms with van der Waals surface area (Å²) in [5.74, 6) is 0. The quantitative estimate of drug-likeness (QED) is 0.359. The first-order chi connectivity index (χ1) is 2.00. The van der Waals surface area contributed by atoms with Gasteiger partial charge < -0.3 is 22.5 Å². The Kier molecular flexibility index (Phi) is 293. The molecule has 0 aromatic rings. The topological polar surface area (TPSA) is 46.1 Å². The average Bonchev–Trinajstić information content (AvgIpc) is 1.50. The van der Waals surface area contributed by atoms with Gasteiger partial charge >= 0.3 is 60.8 Å². The molecule has 0 saturated heterocycles. The van der Waals surface area contributed by atoms with Gasteiger partial charge in [0.25, 0.3) is 0 Å². The summed E-state index contributed by atoms with van der Waals surface area (Å²) in [6.07, 6.45) is 0. The smallest absolute Gasteiger partial charge is 1.00 e. The van der Waals surface area contributed by atoms with Gasteiger partial charge in [0.15, 0.2) is 0 Å². The second-order valence-corrected chi connectivity index (χ2v) is 0. The van der Waals surface area contributed by atoms with E-state index in [4.69, 9.17) is 19.7 Å². The van der Waals surface area contributed by atoms with Crippen molar-refractivity contribution in [3.8, 4) is 0 Å². The van der Waals surface area contributed by atoms with Crippen LogP contribution in [0.15, 0.2) is 0 Å². The molecule has 0 amide bonds. The van der Waals surface area contributed by atoms with E-state index in [9.17, 15) is 0 Å².